The molecule has 0 saturated heterocycles. The Morgan fingerprint density at radius 1 is 1.56 bits per heavy atom. The standard InChI is InChI=1S/C11H14BrNO3/c1-8-5-11(13(14)15)4-3-9(8)6-10(12)7-16-2/h3-5,10H,6-7H2,1-2H3. The van der Waals surface area contributed by atoms with Gasteiger partial charge in [-0.2, -0.15) is 0 Å². The van der Waals surface area contributed by atoms with Gasteiger partial charge in [0.1, 0.15) is 0 Å². The maximum absolute atomic E-state index is 10.6. The number of nitro groups is 1. The van der Waals surface area contributed by atoms with E-state index in [2.05, 4.69) is 15.9 Å². The van der Waals surface area contributed by atoms with Crippen molar-refractivity contribution in [2.45, 2.75) is 18.2 Å². The smallest absolute Gasteiger partial charge is 0.269 e. The lowest BCUT2D eigenvalue weighted by atomic mass is 10.0. The summed E-state index contributed by atoms with van der Waals surface area (Å²) in [6, 6.07) is 4.94. The Labute approximate surface area is 103 Å². The van der Waals surface area contributed by atoms with Crippen LogP contribution in [0.15, 0.2) is 18.2 Å². The van der Waals surface area contributed by atoms with Crippen LogP contribution in [0.2, 0.25) is 0 Å². The molecule has 88 valence electrons. The molecule has 0 saturated carbocycles. The molecule has 0 aliphatic carbocycles. The molecule has 0 spiro atoms. The van der Waals surface area contributed by atoms with Crippen molar-refractivity contribution in [1.82, 2.24) is 0 Å². The van der Waals surface area contributed by atoms with Crippen molar-refractivity contribution in [2.24, 2.45) is 0 Å². The Kier molecular flexibility index (Phi) is 4.89. The average Bonchev–Trinajstić information content (AvgIpc) is 2.21. The monoisotopic (exact) mass is 287 g/mol. The number of methoxy groups -OCH3 is 1. The first-order chi connectivity index (χ1) is 7.54. The molecule has 1 atom stereocenters. The van der Waals surface area contributed by atoms with Gasteiger partial charge in [-0.05, 0) is 24.5 Å². The molecule has 0 heterocycles. The van der Waals surface area contributed by atoms with E-state index in [-0.39, 0.29) is 15.4 Å². The first kappa shape index (κ1) is 13.1. The van der Waals surface area contributed by atoms with E-state index in [1.165, 1.54) is 6.07 Å². The summed E-state index contributed by atoms with van der Waals surface area (Å²) < 4.78 is 5.02. The van der Waals surface area contributed by atoms with Gasteiger partial charge in [-0.1, -0.05) is 22.0 Å². The predicted molar refractivity (Wildman–Crippen MR) is 66.1 cm³/mol. The van der Waals surface area contributed by atoms with E-state index in [1.54, 1.807) is 19.2 Å². The zero-order valence-electron chi connectivity index (χ0n) is 9.27. The van der Waals surface area contributed by atoms with E-state index in [0.29, 0.717) is 6.61 Å². The lowest BCUT2D eigenvalue weighted by Gasteiger charge is -2.10. The fourth-order valence-corrected chi connectivity index (χ4v) is 2.11. The van der Waals surface area contributed by atoms with Crippen LogP contribution in [-0.4, -0.2) is 23.5 Å². The highest BCUT2D eigenvalue weighted by Crippen LogP contribution is 2.20. The zero-order valence-corrected chi connectivity index (χ0v) is 10.9. The molecular formula is C11H14BrNO3. The number of hydrogen-bond donors (Lipinski definition) is 0. The maximum atomic E-state index is 10.6. The van der Waals surface area contributed by atoms with Gasteiger partial charge in [0.05, 0.1) is 11.5 Å². The molecule has 1 rings (SSSR count). The molecule has 0 N–H and O–H groups in total. The van der Waals surface area contributed by atoms with Crippen LogP contribution in [0.4, 0.5) is 5.69 Å². The molecule has 5 heteroatoms. The number of nitro benzene ring substituents is 1. The third-order valence-electron chi connectivity index (χ3n) is 2.33. The van der Waals surface area contributed by atoms with Crippen LogP contribution in [-0.2, 0) is 11.2 Å². The first-order valence-electron chi connectivity index (χ1n) is 4.91. The summed E-state index contributed by atoms with van der Waals surface area (Å²) in [6.45, 7) is 2.51. The summed E-state index contributed by atoms with van der Waals surface area (Å²) in [5, 5.41) is 10.6. The van der Waals surface area contributed by atoms with Gasteiger partial charge in [-0.15, -0.1) is 0 Å². The molecule has 0 aliphatic rings. The fourth-order valence-electron chi connectivity index (χ4n) is 1.50. The van der Waals surface area contributed by atoms with Crippen molar-refractivity contribution in [1.29, 1.82) is 0 Å². The highest BCUT2D eigenvalue weighted by Gasteiger charge is 2.11. The van der Waals surface area contributed by atoms with Crippen LogP contribution in [0, 0.1) is 17.0 Å². The van der Waals surface area contributed by atoms with Crippen molar-refractivity contribution in [3.63, 3.8) is 0 Å². The Morgan fingerprint density at radius 3 is 2.75 bits per heavy atom. The summed E-state index contributed by atoms with van der Waals surface area (Å²) >= 11 is 3.50. The molecule has 0 fully saturated rings. The minimum atomic E-state index is -0.377. The molecular weight excluding hydrogens is 274 g/mol. The number of ether oxygens (including phenoxy) is 1. The number of benzene rings is 1. The molecule has 0 aromatic heterocycles. The Balaban J connectivity index is 2.79. The molecule has 1 aromatic carbocycles. The van der Waals surface area contributed by atoms with E-state index in [4.69, 9.17) is 4.74 Å². The summed E-state index contributed by atoms with van der Waals surface area (Å²) in [7, 11) is 1.65. The van der Waals surface area contributed by atoms with Gasteiger partial charge in [0.25, 0.3) is 5.69 Å². The van der Waals surface area contributed by atoms with Gasteiger partial charge in [0.15, 0.2) is 0 Å². The number of non-ortho nitro benzene ring substituents is 1. The van der Waals surface area contributed by atoms with Crippen molar-refractivity contribution in [3.05, 3.63) is 39.4 Å². The van der Waals surface area contributed by atoms with Crippen LogP contribution in [0.1, 0.15) is 11.1 Å². The van der Waals surface area contributed by atoms with E-state index in [0.717, 1.165) is 17.5 Å². The van der Waals surface area contributed by atoms with Gasteiger partial charge in [-0.3, -0.25) is 10.1 Å². The summed E-state index contributed by atoms with van der Waals surface area (Å²) in [5.41, 5.74) is 2.18. The van der Waals surface area contributed by atoms with E-state index in [1.807, 2.05) is 6.92 Å². The number of hydrogen-bond acceptors (Lipinski definition) is 3. The summed E-state index contributed by atoms with van der Waals surface area (Å²) in [4.78, 5) is 10.4. The topological polar surface area (TPSA) is 52.4 Å². The van der Waals surface area contributed by atoms with Crippen molar-refractivity contribution in [2.75, 3.05) is 13.7 Å². The van der Waals surface area contributed by atoms with Crippen molar-refractivity contribution >= 4 is 21.6 Å². The lowest BCUT2D eigenvalue weighted by molar-refractivity contribution is -0.384. The van der Waals surface area contributed by atoms with Crippen molar-refractivity contribution < 1.29 is 9.66 Å². The van der Waals surface area contributed by atoms with E-state index >= 15 is 0 Å². The molecule has 16 heavy (non-hydrogen) atoms. The molecule has 0 aliphatic heterocycles. The molecule has 0 bridgehead atoms. The lowest BCUT2D eigenvalue weighted by Crippen LogP contribution is -2.10. The number of alkyl halides is 1. The molecule has 1 unspecified atom stereocenters. The van der Waals surface area contributed by atoms with E-state index in [9.17, 15) is 10.1 Å². The predicted octanol–water partition coefficient (Wildman–Crippen LogP) is 2.86. The molecule has 4 nitrogen and oxygen atoms in total. The summed E-state index contributed by atoms with van der Waals surface area (Å²) in [5.74, 6) is 0. The Hall–Kier alpha value is -0.940. The number of nitrogens with zero attached hydrogens (tertiary/aromatic N) is 1. The van der Waals surface area contributed by atoms with Gasteiger partial charge in [0.2, 0.25) is 0 Å². The van der Waals surface area contributed by atoms with Gasteiger partial charge < -0.3 is 4.74 Å². The second kappa shape index (κ2) is 5.96. The van der Waals surface area contributed by atoms with Gasteiger partial charge >= 0.3 is 0 Å². The van der Waals surface area contributed by atoms with Gasteiger partial charge in [-0.25, -0.2) is 0 Å². The quantitative estimate of drug-likeness (QED) is 0.475. The second-order valence-electron chi connectivity index (χ2n) is 3.62. The summed E-state index contributed by atoms with van der Waals surface area (Å²) in [6.07, 6.45) is 0.803. The third kappa shape index (κ3) is 3.57. The molecule has 0 amide bonds. The minimum Gasteiger partial charge on any atom is -0.384 e. The van der Waals surface area contributed by atoms with Crippen LogP contribution in [0.25, 0.3) is 0 Å². The van der Waals surface area contributed by atoms with Crippen molar-refractivity contribution in [3.8, 4) is 0 Å². The maximum Gasteiger partial charge on any atom is 0.269 e. The third-order valence-corrected chi connectivity index (χ3v) is 2.91. The Bertz CT molecular complexity index is 381. The van der Waals surface area contributed by atoms with Crippen LogP contribution in [0.3, 0.4) is 0 Å². The SMILES string of the molecule is COCC(Br)Cc1ccc([N+](=O)[O-])cc1C. The number of aryl methyl sites for hydroxylation is 1. The fraction of sp³-hybridized carbons (Fsp3) is 0.455. The average molecular weight is 288 g/mol. The van der Waals surface area contributed by atoms with Crippen LogP contribution in [0.5, 0.6) is 0 Å². The minimum absolute atomic E-state index is 0.138. The highest BCUT2D eigenvalue weighted by atomic mass is 79.9. The highest BCUT2D eigenvalue weighted by molar-refractivity contribution is 9.09. The number of halogens is 1. The number of rotatable bonds is 5. The van der Waals surface area contributed by atoms with Gasteiger partial charge in [0, 0.05) is 24.1 Å². The van der Waals surface area contributed by atoms with Crippen LogP contribution >= 0.6 is 15.9 Å². The molecule has 1 aromatic rings. The molecule has 0 radical (unpaired) electrons. The zero-order chi connectivity index (χ0) is 12.1. The Morgan fingerprint density at radius 2 is 2.25 bits per heavy atom. The second-order valence-corrected chi connectivity index (χ2v) is 4.92. The van der Waals surface area contributed by atoms with Crippen LogP contribution < -0.4 is 0 Å². The largest absolute Gasteiger partial charge is 0.384 e. The normalized spacial score (nSPS) is 12.4. The first-order valence-corrected chi connectivity index (χ1v) is 5.83. The van der Waals surface area contributed by atoms with E-state index < -0.39 is 0 Å².